The maximum atomic E-state index is 14.2. The number of thiophene rings is 1. The largest absolute Gasteiger partial charge is 0.416 e. The molecule has 1 aliphatic rings. The van der Waals surface area contributed by atoms with Crippen LogP contribution in [-0.4, -0.2) is 47.7 Å². The van der Waals surface area contributed by atoms with Crippen LogP contribution in [0.2, 0.25) is 0 Å². The highest BCUT2D eigenvalue weighted by Crippen LogP contribution is 2.41. The number of hydrogen-bond acceptors (Lipinski definition) is 6. The summed E-state index contributed by atoms with van der Waals surface area (Å²) >= 11 is 1.27. The molecule has 188 valence electrons. The van der Waals surface area contributed by atoms with E-state index < -0.39 is 29.9 Å². The lowest BCUT2D eigenvalue weighted by Crippen LogP contribution is -2.44. The molecule has 10 heteroatoms. The first-order chi connectivity index (χ1) is 16.5. The molecule has 0 radical (unpaired) electrons. The summed E-state index contributed by atoms with van der Waals surface area (Å²) in [6.45, 7) is 5.59. The number of carbonyl (C=O) groups excluding carboxylic acids is 1. The van der Waals surface area contributed by atoms with Crippen molar-refractivity contribution in [3.63, 3.8) is 0 Å². The fourth-order valence-electron chi connectivity index (χ4n) is 4.72. The van der Waals surface area contributed by atoms with E-state index >= 15 is 0 Å². The summed E-state index contributed by atoms with van der Waals surface area (Å²) < 4.78 is 55.1. The van der Waals surface area contributed by atoms with Crippen LogP contribution in [0.5, 0.6) is 0 Å². The van der Waals surface area contributed by atoms with Gasteiger partial charge in [-0.3, -0.25) is 4.79 Å². The van der Waals surface area contributed by atoms with Crippen molar-refractivity contribution in [3.05, 3.63) is 51.5 Å². The van der Waals surface area contributed by atoms with Crippen molar-refractivity contribution in [2.24, 2.45) is 5.41 Å². The van der Waals surface area contributed by atoms with Gasteiger partial charge in [0.1, 0.15) is 6.67 Å². The number of hydrogen-bond donors (Lipinski definition) is 1. The molecule has 1 fully saturated rings. The second kappa shape index (κ2) is 9.46. The lowest BCUT2D eigenvalue weighted by Gasteiger charge is -2.37. The third kappa shape index (κ3) is 4.78. The monoisotopic (exact) mass is 508 g/mol. The van der Waals surface area contributed by atoms with Crippen molar-refractivity contribution in [2.75, 3.05) is 32.1 Å². The van der Waals surface area contributed by atoms with Gasteiger partial charge in [0.15, 0.2) is 11.6 Å². The Morgan fingerprint density at radius 1 is 1.23 bits per heavy atom. The predicted molar refractivity (Wildman–Crippen MR) is 130 cm³/mol. The van der Waals surface area contributed by atoms with Crippen LogP contribution in [0.15, 0.2) is 24.3 Å². The van der Waals surface area contributed by atoms with Crippen LogP contribution in [0.25, 0.3) is 10.1 Å². The van der Waals surface area contributed by atoms with Crippen LogP contribution in [0.3, 0.4) is 0 Å². The Hall–Kier alpha value is -2.59. The number of ketones is 1. The number of carbonyl (C=O) groups is 1. The summed E-state index contributed by atoms with van der Waals surface area (Å²) in [4.78, 5) is 16.0. The highest BCUT2D eigenvalue weighted by atomic mass is 32.1. The molecular formula is C25H28F4N4OS. The van der Waals surface area contributed by atoms with Crippen molar-refractivity contribution in [1.29, 1.82) is 0 Å². The van der Waals surface area contributed by atoms with E-state index in [-0.39, 0.29) is 11.3 Å². The van der Waals surface area contributed by atoms with Gasteiger partial charge in [-0.2, -0.15) is 18.3 Å². The van der Waals surface area contributed by atoms with E-state index in [0.717, 1.165) is 10.8 Å². The molecule has 0 unspecified atom stereocenters. The number of alkyl halides is 4. The van der Waals surface area contributed by atoms with Crippen LogP contribution in [0, 0.1) is 19.3 Å². The van der Waals surface area contributed by atoms with Crippen LogP contribution in [-0.2, 0) is 6.18 Å². The number of piperidine rings is 1. The van der Waals surface area contributed by atoms with Gasteiger partial charge in [-0.05, 0) is 77.0 Å². The smallest absolute Gasteiger partial charge is 0.362 e. The van der Waals surface area contributed by atoms with E-state index in [9.17, 15) is 22.4 Å². The number of anilines is 1. The zero-order valence-corrected chi connectivity index (χ0v) is 20.9. The number of rotatable bonds is 6. The zero-order chi connectivity index (χ0) is 25.5. The van der Waals surface area contributed by atoms with Gasteiger partial charge in [-0.15, -0.1) is 16.4 Å². The number of aromatic nitrogens is 2. The highest BCUT2D eigenvalue weighted by molar-refractivity contribution is 7.21. The quantitative estimate of drug-likeness (QED) is 0.310. The fraction of sp³-hybridized carbons (Fsp3) is 0.480. The van der Waals surface area contributed by atoms with E-state index in [1.54, 1.807) is 26.0 Å². The molecule has 3 heterocycles. The number of aryl methyl sites for hydroxylation is 1. The average molecular weight is 509 g/mol. The third-order valence-electron chi connectivity index (χ3n) is 7.02. The minimum absolute atomic E-state index is 0.143. The Morgan fingerprint density at radius 2 is 1.91 bits per heavy atom. The highest BCUT2D eigenvalue weighted by Gasteiger charge is 2.42. The molecule has 0 amide bonds. The summed E-state index contributed by atoms with van der Waals surface area (Å²) in [5.41, 5.74) is -0.440. The zero-order valence-electron chi connectivity index (χ0n) is 20.1. The predicted octanol–water partition coefficient (Wildman–Crippen LogP) is 6.36. The van der Waals surface area contributed by atoms with E-state index in [2.05, 4.69) is 20.4 Å². The molecule has 1 aliphatic heterocycles. The first kappa shape index (κ1) is 25.5. The van der Waals surface area contributed by atoms with Gasteiger partial charge in [0, 0.05) is 5.39 Å². The van der Waals surface area contributed by atoms with Crippen molar-refractivity contribution < 1.29 is 22.4 Å². The standard InChI is InChI=1S/C25H28F4N4OS/c1-14-17(6-5-7-19(14)25(27,28)29)15(2)30-23-18-12-20(35-21(18)16(3)31-32-23)22(34)24(13-26)8-10-33(4)11-9-24/h5-7,12,15H,8-11,13H2,1-4H3,(H,30,32)/t15-/m1/s1. The van der Waals surface area contributed by atoms with Gasteiger partial charge >= 0.3 is 6.18 Å². The Balaban J connectivity index is 1.68. The SMILES string of the molecule is Cc1c([C@@H](C)Nc2nnc(C)c3sc(C(=O)C4(CF)CCN(C)CC4)cc23)cccc1C(F)(F)F. The molecule has 1 atom stereocenters. The number of nitrogens with zero attached hydrogens (tertiary/aromatic N) is 3. The molecular weight excluding hydrogens is 480 g/mol. The number of benzene rings is 1. The van der Waals surface area contributed by atoms with Crippen molar-refractivity contribution in [3.8, 4) is 0 Å². The Morgan fingerprint density at radius 3 is 2.54 bits per heavy atom. The molecule has 4 rings (SSSR count). The lowest BCUT2D eigenvalue weighted by atomic mass is 9.75. The molecule has 5 nitrogen and oxygen atoms in total. The molecule has 1 saturated heterocycles. The number of nitrogens with one attached hydrogen (secondary N) is 1. The van der Waals surface area contributed by atoms with Crippen LogP contribution < -0.4 is 5.32 Å². The van der Waals surface area contributed by atoms with Gasteiger partial charge in [0.2, 0.25) is 0 Å². The molecule has 0 spiro atoms. The number of halogens is 4. The van der Waals surface area contributed by atoms with Gasteiger partial charge in [-0.1, -0.05) is 12.1 Å². The maximum absolute atomic E-state index is 14.2. The molecule has 1 aromatic carbocycles. The Kier molecular flexibility index (Phi) is 6.89. The number of Topliss-reactive ketones (excluding diaryl/α,β-unsaturated/α-hetero) is 1. The first-order valence-corrected chi connectivity index (χ1v) is 12.3. The summed E-state index contributed by atoms with van der Waals surface area (Å²) in [5.74, 6) is 0.171. The van der Waals surface area contributed by atoms with E-state index in [1.165, 1.54) is 24.3 Å². The van der Waals surface area contributed by atoms with Gasteiger partial charge in [0.05, 0.1) is 32.3 Å². The Labute approximate surface area is 205 Å². The van der Waals surface area contributed by atoms with Crippen molar-refractivity contribution >= 4 is 33.0 Å². The molecule has 1 N–H and O–H groups in total. The first-order valence-electron chi connectivity index (χ1n) is 11.5. The second-order valence-corrected chi connectivity index (χ2v) is 10.5. The molecule has 3 aromatic rings. The molecule has 0 bridgehead atoms. The van der Waals surface area contributed by atoms with Gasteiger partial charge in [0.25, 0.3) is 0 Å². The fourth-order valence-corrected chi connectivity index (χ4v) is 5.88. The topological polar surface area (TPSA) is 58.1 Å². The second-order valence-electron chi connectivity index (χ2n) is 9.42. The van der Waals surface area contributed by atoms with Gasteiger partial charge in [-0.25, -0.2) is 4.39 Å². The molecule has 35 heavy (non-hydrogen) atoms. The maximum Gasteiger partial charge on any atom is 0.416 e. The molecule has 2 aromatic heterocycles. The van der Waals surface area contributed by atoms with Gasteiger partial charge < -0.3 is 10.2 Å². The lowest BCUT2D eigenvalue weighted by molar-refractivity contribution is -0.138. The number of fused-ring (bicyclic) bond motifs is 1. The Bertz CT molecular complexity index is 1250. The minimum Gasteiger partial charge on any atom is -0.362 e. The van der Waals surface area contributed by atoms with E-state index in [1.807, 2.05) is 7.05 Å². The van der Waals surface area contributed by atoms with Crippen LogP contribution >= 0.6 is 11.3 Å². The number of likely N-dealkylation sites (tertiary alicyclic amines) is 1. The minimum atomic E-state index is -4.44. The van der Waals surface area contributed by atoms with Crippen LogP contribution in [0.4, 0.5) is 23.4 Å². The normalized spacial score (nSPS) is 17.5. The summed E-state index contributed by atoms with van der Waals surface area (Å²) in [5, 5.41) is 12.3. The third-order valence-corrected chi connectivity index (χ3v) is 8.26. The van der Waals surface area contributed by atoms with E-state index in [4.69, 9.17) is 0 Å². The van der Waals surface area contributed by atoms with Crippen LogP contribution in [0.1, 0.15) is 57.9 Å². The van der Waals surface area contributed by atoms with E-state index in [0.29, 0.717) is 53.3 Å². The summed E-state index contributed by atoms with van der Waals surface area (Å²) in [6, 6.07) is 5.32. The average Bonchev–Trinajstić information content (AvgIpc) is 3.27. The van der Waals surface area contributed by atoms with Crippen molar-refractivity contribution in [2.45, 2.75) is 45.8 Å². The summed E-state index contributed by atoms with van der Waals surface area (Å²) in [6.07, 6.45) is -3.53. The van der Waals surface area contributed by atoms with Crippen molar-refractivity contribution in [1.82, 2.24) is 15.1 Å². The summed E-state index contributed by atoms with van der Waals surface area (Å²) in [7, 11) is 1.96. The molecule has 0 saturated carbocycles. The molecule has 0 aliphatic carbocycles.